The van der Waals surface area contributed by atoms with Crippen molar-refractivity contribution in [3.05, 3.63) is 47.1 Å². The van der Waals surface area contributed by atoms with Gasteiger partial charge in [-0.15, -0.1) is 11.3 Å². The Hall–Kier alpha value is -1.76. The summed E-state index contributed by atoms with van der Waals surface area (Å²) >= 11 is 1.46. The first-order chi connectivity index (χ1) is 11.7. The Morgan fingerprint density at radius 1 is 1.38 bits per heavy atom. The smallest absolute Gasteiger partial charge is 0.246 e. The zero-order valence-corrected chi connectivity index (χ0v) is 14.6. The van der Waals surface area contributed by atoms with Crippen LogP contribution in [0.4, 0.5) is 5.00 Å². The highest BCUT2D eigenvalue weighted by Crippen LogP contribution is 2.28. The molecular weight excluding hydrogens is 322 g/mol. The van der Waals surface area contributed by atoms with Gasteiger partial charge in [0.05, 0.1) is 17.3 Å². The Labute approximate surface area is 146 Å². The van der Waals surface area contributed by atoms with E-state index < -0.39 is 0 Å². The second-order valence-corrected chi connectivity index (χ2v) is 6.91. The van der Waals surface area contributed by atoms with Crippen LogP contribution < -0.4 is 5.32 Å². The standard InChI is InChI=1S/C18H23N3O2S/c1-2-15-18(24-12-19-15)20-17(23)16(13-6-4-3-5-7-13)21-10-8-14(22)9-11-21/h3-7,12,14,16,22H,2,8-11H2,1H3,(H,20,23). The van der Waals surface area contributed by atoms with Crippen molar-refractivity contribution in [3.63, 3.8) is 0 Å². The van der Waals surface area contributed by atoms with Crippen molar-refractivity contribution < 1.29 is 9.90 Å². The molecule has 1 aliphatic rings. The van der Waals surface area contributed by atoms with E-state index in [0.717, 1.165) is 35.8 Å². The molecule has 0 saturated carbocycles. The lowest BCUT2D eigenvalue weighted by molar-refractivity contribution is -0.122. The molecule has 0 aliphatic carbocycles. The lowest BCUT2D eigenvalue weighted by Crippen LogP contribution is -2.43. The molecule has 1 fully saturated rings. The van der Waals surface area contributed by atoms with Crippen LogP contribution in [0.15, 0.2) is 35.8 Å². The van der Waals surface area contributed by atoms with E-state index in [2.05, 4.69) is 15.2 Å². The van der Waals surface area contributed by atoms with Crippen LogP contribution in [0.3, 0.4) is 0 Å². The molecule has 3 rings (SSSR count). The first kappa shape index (κ1) is 17.1. The van der Waals surface area contributed by atoms with E-state index in [-0.39, 0.29) is 18.1 Å². The maximum Gasteiger partial charge on any atom is 0.246 e. The summed E-state index contributed by atoms with van der Waals surface area (Å²) in [7, 11) is 0. The van der Waals surface area contributed by atoms with Gasteiger partial charge in [-0.25, -0.2) is 4.98 Å². The van der Waals surface area contributed by atoms with Gasteiger partial charge in [-0.3, -0.25) is 9.69 Å². The summed E-state index contributed by atoms with van der Waals surface area (Å²) in [5.41, 5.74) is 3.67. The third-order valence-corrected chi connectivity index (χ3v) is 5.22. The Morgan fingerprint density at radius 2 is 2.08 bits per heavy atom. The van der Waals surface area contributed by atoms with Crippen molar-refractivity contribution in [2.45, 2.75) is 38.3 Å². The zero-order chi connectivity index (χ0) is 16.9. The predicted molar refractivity (Wildman–Crippen MR) is 96.1 cm³/mol. The first-order valence-corrected chi connectivity index (χ1v) is 9.27. The molecule has 1 aromatic carbocycles. The number of nitrogens with one attached hydrogen (secondary N) is 1. The summed E-state index contributed by atoms with van der Waals surface area (Å²) in [4.78, 5) is 19.5. The third-order valence-electron chi connectivity index (χ3n) is 4.44. The summed E-state index contributed by atoms with van der Waals surface area (Å²) in [6.45, 7) is 3.47. The number of likely N-dealkylation sites (tertiary alicyclic amines) is 1. The zero-order valence-electron chi connectivity index (χ0n) is 13.8. The number of aryl methyl sites for hydroxylation is 1. The summed E-state index contributed by atoms with van der Waals surface area (Å²) in [5.74, 6) is -0.0310. The molecule has 1 aliphatic heterocycles. The van der Waals surface area contributed by atoms with Gasteiger partial charge in [-0.05, 0) is 24.8 Å². The number of anilines is 1. The average molecular weight is 345 g/mol. The summed E-state index contributed by atoms with van der Waals surface area (Å²) < 4.78 is 0. The number of benzene rings is 1. The number of hydrogen-bond acceptors (Lipinski definition) is 5. The van der Waals surface area contributed by atoms with Gasteiger partial charge in [0.15, 0.2) is 0 Å². The van der Waals surface area contributed by atoms with Crippen molar-refractivity contribution in [1.29, 1.82) is 0 Å². The van der Waals surface area contributed by atoms with Gasteiger partial charge in [0.25, 0.3) is 0 Å². The number of carbonyl (C=O) groups is 1. The fraction of sp³-hybridized carbons (Fsp3) is 0.444. The minimum Gasteiger partial charge on any atom is -0.393 e. The summed E-state index contributed by atoms with van der Waals surface area (Å²) in [6.07, 6.45) is 1.95. The largest absolute Gasteiger partial charge is 0.393 e. The fourth-order valence-electron chi connectivity index (χ4n) is 3.11. The summed E-state index contributed by atoms with van der Waals surface area (Å²) in [6, 6.07) is 9.50. The molecule has 6 heteroatoms. The van der Waals surface area contributed by atoms with Gasteiger partial charge in [0, 0.05) is 13.1 Å². The van der Waals surface area contributed by atoms with E-state index in [1.165, 1.54) is 11.3 Å². The van der Waals surface area contributed by atoms with Crippen LogP contribution in [0.2, 0.25) is 0 Å². The highest BCUT2D eigenvalue weighted by molar-refractivity contribution is 7.14. The van der Waals surface area contributed by atoms with Gasteiger partial charge in [-0.2, -0.15) is 0 Å². The molecular formula is C18H23N3O2S. The molecule has 24 heavy (non-hydrogen) atoms. The predicted octanol–water partition coefficient (Wildman–Crippen LogP) is 2.84. The van der Waals surface area contributed by atoms with E-state index in [1.54, 1.807) is 5.51 Å². The van der Waals surface area contributed by atoms with Gasteiger partial charge < -0.3 is 10.4 Å². The molecule has 1 unspecified atom stereocenters. The Morgan fingerprint density at radius 3 is 2.75 bits per heavy atom. The highest BCUT2D eigenvalue weighted by atomic mass is 32.1. The van der Waals surface area contributed by atoms with Gasteiger partial charge >= 0.3 is 0 Å². The highest BCUT2D eigenvalue weighted by Gasteiger charge is 2.31. The lowest BCUT2D eigenvalue weighted by Gasteiger charge is -2.35. The van der Waals surface area contributed by atoms with Gasteiger partial charge in [0.2, 0.25) is 5.91 Å². The number of aromatic nitrogens is 1. The number of rotatable bonds is 5. The van der Waals surface area contributed by atoms with E-state index in [4.69, 9.17) is 0 Å². The van der Waals surface area contributed by atoms with Crippen LogP contribution in [0.1, 0.15) is 37.1 Å². The average Bonchev–Trinajstić information content (AvgIpc) is 3.05. The maximum absolute atomic E-state index is 13.0. The maximum atomic E-state index is 13.0. The molecule has 1 atom stereocenters. The fourth-order valence-corrected chi connectivity index (χ4v) is 3.89. The minimum atomic E-state index is -0.342. The number of carbonyl (C=O) groups excluding carboxylic acids is 1. The number of aliphatic hydroxyl groups is 1. The van der Waals surface area contributed by atoms with Gasteiger partial charge in [-0.1, -0.05) is 37.3 Å². The molecule has 2 heterocycles. The molecule has 0 radical (unpaired) electrons. The van der Waals surface area contributed by atoms with Crippen LogP contribution in [0.5, 0.6) is 0 Å². The van der Waals surface area contributed by atoms with Crippen molar-refractivity contribution in [2.75, 3.05) is 18.4 Å². The topological polar surface area (TPSA) is 65.5 Å². The Kier molecular flexibility index (Phi) is 5.60. The number of piperidine rings is 1. The van der Waals surface area contributed by atoms with E-state index >= 15 is 0 Å². The summed E-state index contributed by atoms with van der Waals surface area (Å²) in [5, 5.41) is 13.7. The van der Waals surface area contributed by atoms with Crippen molar-refractivity contribution in [3.8, 4) is 0 Å². The van der Waals surface area contributed by atoms with Crippen molar-refractivity contribution in [1.82, 2.24) is 9.88 Å². The number of aliphatic hydroxyl groups excluding tert-OH is 1. The lowest BCUT2D eigenvalue weighted by atomic mass is 10.00. The molecule has 1 amide bonds. The Bertz CT molecular complexity index is 666. The third kappa shape index (κ3) is 3.83. The van der Waals surface area contributed by atoms with E-state index in [0.29, 0.717) is 12.8 Å². The molecule has 5 nitrogen and oxygen atoms in total. The molecule has 0 bridgehead atoms. The molecule has 2 aromatic rings. The van der Waals surface area contributed by atoms with Crippen LogP contribution in [0, 0.1) is 0 Å². The molecule has 128 valence electrons. The normalized spacial score (nSPS) is 17.6. The SMILES string of the molecule is CCc1ncsc1NC(=O)C(c1ccccc1)N1CCC(O)CC1. The van der Waals surface area contributed by atoms with Crippen LogP contribution in [-0.2, 0) is 11.2 Å². The quantitative estimate of drug-likeness (QED) is 0.874. The van der Waals surface area contributed by atoms with Gasteiger partial charge in [0.1, 0.15) is 11.0 Å². The first-order valence-electron chi connectivity index (χ1n) is 8.39. The number of amides is 1. The molecule has 2 N–H and O–H groups in total. The van der Waals surface area contributed by atoms with E-state index in [1.807, 2.05) is 37.3 Å². The minimum absolute atomic E-state index is 0.0310. The monoisotopic (exact) mass is 345 g/mol. The van der Waals surface area contributed by atoms with Crippen molar-refractivity contribution in [2.24, 2.45) is 0 Å². The van der Waals surface area contributed by atoms with Crippen molar-refractivity contribution >= 4 is 22.2 Å². The van der Waals surface area contributed by atoms with Crippen LogP contribution >= 0.6 is 11.3 Å². The second-order valence-electron chi connectivity index (χ2n) is 6.05. The molecule has 1 aromatic heterocycles. The van der Waals surface area contributed by atoms with Crippen LogP contribution in [0.25, 0.3) is 0 Å². The second kappa shape index (κ2) is 7.88. The molecule has 0 spiro atoms. The van der Waals surface area contributed by atoms with Crippen LogP contribution in [-0.4, -0.2) is 40.1 Å². The van der Waals surface area contributed by atoms with E-state index in [9.17, 15) is 9.90 Å². The Balaban J connectivity index is 1.82. The number of hydrogen-bond donors (Lipinski definition) is 2. The number of thiazole rings is 1. The number of nitrogens with zero attached hydrogens (tertiary/aromatic N) is 2. The molecule has 1 saturated heterocycles.